The number of unbranched alkanes of at least 4 members (excludes halogenated alkanes) is 9. The van der Waals surface area contributed by atoms with Gasteiger partial charge in [0.05, 0.1) is 14.1 Å². The van der Waals surface area contributed by atoms with E-state index in [-0.39, 0.29) is 0 Å². The first-order chi connectivity index (χ1) is 15.8. The maximum atomic E-state index is 2.43. The van der Waals surface area contributed by atoms with Crippen LogP contribution in [0.4, 0.5) is 0 Å². The second-order valence-electron chi connectivity index (χ2n) is 8.86. The van der Waals surface area contributed by atoms with Gasteiger partial charge in [0.2, 0.25) is 0 Å². The third-order valence-electron chi connectivity index (χ3n) is 6.35. The van der Waals surface area contributed by atoms with Gasteiger partial charge in [-0.05, 0) is 37.1 Å². The highest BCUT2D eigenvalue weighted by molar-refractivity contribution is 7.42. The molecule has 0 aliphatic rings. The van der Waals surface area contributed by atoms with Crippen molar-refractivity contribution in [2.24, 2.45) is 0 Å². The Balaban J connectivity index is 1.14. The Morgan fingerprint density at radius 3 is 2.09 bits per heavy atom. The summed E-state index contributed by atoms with van der Waals surface area (Å²) in [4.78, 5) is 4.46. The van der Waals surface area contributed by atoms with Crippen molar-refractivity contribution in [3.63, 3.8) is 0 Å². The van der Waals surface area contributed by atoms with Gasteiger partial charge in [0.25, 0.3) is 0 Å². The average Bonchev–Trinajstić information content (AvgIpc) is 3.56. The van der Waals surface area contributed by atoms with Gasteiger partial charge in [0.15, 0.2) is 0 Å². The lowest BCUT2D eigenvalue weighted by molar-refractivity contribution is 0.557. The van der Waals surface area contributed by atoms with Crippen LogP contribution in [-0.4, -0.2) is 0 Å². The molecule has 0 saturated carbocycles. The first-order valence-corrected chi connectivity index (χ1v) is 15.5. The molecule has 4 heteroatoms. The van der Waals surface area contributed by atoms with Crippen LogP contribution < -0.4 is 0 Å². The molecule has 0 saturated heterocycles. The van der Waals surface area contributed by atoms with E-state index in [1.165, 1.54) is 109 Å². The van der Waals surface area contributed by atoms with Crippen LogP contribution in [0.15, 0.2) is 42.5 Å². The minimum atomic E-state index is 1.25. The summed E-state index contributed by atoms with van der Waals surface area (Å²) in [5.74, 6) is 0. The second kappa shape index (κ2) is 10.8. The summed E-state index contributed by atoms with van der Waals surface area (Å²) in [5, 5.41) is 1.43. The van der Waals surface area contributed by atoms with Crippen LogP contribution >= 0.6 is 45.3 Å². The Morgan fingerprint density at radius 2 is 1.28 bits per heavy atom. The van der Waals surface area contributed by atoms with E-state index in [1.54, 1.807) is 4.88 Å². The second-order valence-corrected chi connectivity index (χ2v) is 13.2. The van der Waals surface area contributed by atoms with Crippen molar-refractivity contribution in [1.29, 1.82) is 0 Å². The molecule has 5 rings (SSSR count). The zero-order valence-electron chi connectivity index (χ0n) is 19.0. The van der Waals surface area contributed by atoms with Crippen molar-refractivity contribution in [2.45, 2.75) is 77.6 Å². The molecule has 0 spiro atoms. The van der Waals surface area contributed by atoms with Gasteiger partial charge in [0.1, 0.15) is 0 Å². The van der Waals surface area contributed by atoms with E-state index < -0.39 is 0 Å². The smallest absolute Gasteiger partial charge is 0.0642 e. The molecule has 5 aromatic rings. The molecule has 0 fully saturated rings. The maximum Gasteiger partial charge on any atom is 0.0642 e. The van der Waals surface area contributed by atoms with Gasteiger partial charge < -0.3 is 0 Å². The molecular weight excluding hydrogens is 465 g/mol. The van der Waals surface area contributed by atoms with Crippen molar-refractivity contribution >= 4 is 74.2 Å². The third-order valence-corrected chi connectivity index (χ3v) is 11.6. The molecule has 4 aromatic heterocycles. The number of benzene rings is 1. The minimum Gasteiger partial charge on any atom is -0.139 e. The Hall–Kier alpha value is -1.20. The highest BCUT2D eigenvalue weighted by Gasteiger charge is 2.16. The van der Waals surface area contributed by atoms with Gasteiger partial charge in [-0.3, -0.25) is 0 Å². The maximum absolute atomic E-state index is 2.43. The van der Waals surface area contributed by atoms with Gasteiger partial charge in [-0.15, -0.1) is 45.3 Å². The molecule has 0 aliphatic heterocycles. The van der Waals surface area contributed by atoms with Crippen molar-refractivity contribution in [2.75, 3.05) is 0 Å². The van der Waals surface area contributed by atoms with E-state index in [0.29, 0.717) is 0 Å². The molecule has 0 bridgehead atoms. The minimum absolute atomic E-state index is 1.25. The number of rotatable bonds is 12. The SMILES string of the molecule is CCCCCCCCCCCCc1ccc(-c2cc3sc4c5ccccc5sc4c3s2)s1. The van der Waals surface area contributed by atoms with Crippen LogP contribution in [0, 0.1) is 0 Å². The number of thiophene rings is 4. The zero-order valence-corrected chi connectivity index (χ0v) is 22.2. The van der Waals surface area contributed by atoms with Crippen molar-refractivity contribution in [1.82, 2.24) is 0 Å². The topological polar surface area (TPSA) is 0 Å². The predicted octanol–water partition coefficient (Wildman–Crippen LogP) is 11.5. The molecule has 0 unspecified atom stereocenters. The van der Waals surface area contributed by atoms with Gasteiger partial charge >= 0.3 is 0 Å². The van der Waals surface area contributed by atoms with Crippen LogP contribution in [-0.2, 0) is 6.42 Å². The zero-order chi connectivity index (χ0) is 21.8. The van der Waals surface area contributed by atoms with Crippen molar-refractivity contribution in [3.8, 4) is 9.75 Å². The molecule has 0 amide bonds. The molecule has 4 heterocycles. The lowest BCUT2D eigenvalue weighted by Gasteiger charge is -2.02. The fourth-order valence-electron chi connectivity index (χ4n) is 4.54. The third kappa shape index (κ3) is 4.99. The van der Waals surface area contributed by atoms with Crippen LogP contribution in [0.3, 0.4) is 0 Å². The fraction of sp³-hybridized carbons (Fsp3) is 0.429. The summed E-state index contributed by atoms with van der Waals surface area (Å²) in [6.45, 7) is 2.29. The first kappa shape index (κ1) is 22.6. The molecule has 32 heavy (non-hydrogen) atoms. The number of aryl methyl sites for hydroxylation is 1. The van der Waals surface area contributed by atoms with Crippen LogP contribution in [0.2, 0.25) is 0 Å². The standard InChI is InChI=1S/C28H32S4/c1-2-3-4-5-6-7-8-9-10-11-14-20-17-18-23(29-20)24-19-25-27(31-24)28-26(32-25)21-15-12-13-16-22(21)30-28/h12-13,15-19H,2-11,14H2,1H3. The van der Waals surface area contributed by atoms with E-state index >= 15 is 0 Å². The van der Waals surface area contributed by atoms with Gasteiger partial charge in [-0.25, -0.2) is 0 Å². The lowest BCUT2D eigenvalue weighted by Crippen LogP contribution is -1.84. The van der Waals surface area contributed by atoms with E-state index in [2.05, 4.69) is 49.4 Å². The fourth-order valence-corrected chi connectivity index (χ4v) is 9.82. The highest BCUT2D eigenvalue weighted by atomic mass is 32.1. The molecule has 1 aromatic carbocycles. The Labute approximate surface area is 207 Å². The number of hydrogen-bond acceptors (Lipinski definition) is 4. The summed E-state index contributed by atoms with van der Waals surface area (Å²) in [7, 11) is 0. The molecular formula is C28H32S4. The van der Waals surface area contributed by atoms with E-state index in [9.17, 15) is 0 Å². The summed E-state index contributed by atoms with van der Waals surface area (Å²) < 4.78 is 7.34. The Morgan fingerprint density at radius 1 is 0.562 bits per heavy atom. The van der Waals surface area contributed by atoms with E-state index in [4.69, 9.17) is 0 Å². The summed E-state index contributed by atoms with van der Waals surface area (Å²) in [5.41, 5.74) is 0. The molecule has 0 nitrogen and oxygen atoms in total. The Bertz CT molecular complexity index is 1280. The van der Waals surface area contributed by atoms with Crippen molar-refractivity contribution in [3.05, 3.63) is 47.3 Å². The van der Waals surface area contributed by atoms with E-state index in [1.807, 2.05) is 45.3 Å². The first-order valence-electron chi connectivity index (χ1n) is 12.3. The monoisotopic (exact) mass is 496 g/mol. The number of fused-ring (bicyclic) bond motifs is 5. The van der Waals surface area contributed by atoms with E-state index in [0.717, 1.165) is 0 Å². The largest absolute Gasteiger partial charge is 0.139 e. The van der Waals surface area contributed by atoms with Crippen LogP contribution in [0.5, 0.6) is 0 Å². The van der Waals surface area contributed by atoms with Crippen molar-refractivity contribution < 1.29 is 0 Å². The number of hydrogen-bond donors (Lipinski definition) is 0. The van der Waals surface area contributed by atoms with Crippen LogP contribution in [0.1, 0.15) is 76.0 Å². The summed E-state index contributed by atoms with van der Waals surface area (Å²) in [6, 6.07) is 16.0. The summed E-state index contributed by atoms with van der Waals surface area (Å²) in [6.07, 6.45) is 15.4. The normalized spacial score (nSPS) is 12.0. The lowest BCUT2D eigenvalue weighted by atomic mass is 10.1. The molecule has 168 valence electrons. The molecule has 0 N–H and O–H groups in total. The summed E-state index contributed by atoms with van der Waals surface area (Å²) >= 11 is 7.94. The predicted molar refractivity (Wildman–Crippen MR) is 151 cm³/mol. The Kier molecular flexibility index (Phi) is 7.64. The van der Waals surface area contributed by atoms with Crippen LogP contribution in [0.25, 0.3) is 38.6 Å². The quantitative estimate of drug-likeness (QED) is 0.151. The molecule has 0 atom stereocenters. The molecule has 0 radical (unpaired) electrons. The highest BCUT2D eigenvalue weighted by Crippen LogP contribution is 2.49. The van der Waals surface area contributed by atoms with Gasteiger partial charge in [0, 0.05) is 29.4 Å². The molecule has 0 aliphatic carbocycles. The van der Waals surface area contributed by atoms with Gasteiger partial charge in [-0.1, -0.05) is 82.9 Å². The average molecular weight is 497 g/mol. The van der Waals surface area contributed by atoms with Gasteiger partial charge in [-0.2, -0.15) is 0 Å².